The Hall–Kier alpha value is -1.24. The van der Waals surface area contributed by atoms with Gasteiger partial charge in [-0.3, -0.25) is 0 Å². The van der Waals surface area contributed by atoms with Crippen LogP contribution in [0.1, 0.15) is 26.3 Å². The summed E-state index contributed by atoms with van der Waals surface area (Å²) >= 11 is 0. The zero-order chi connectivity index (χ0) is 15.9. The minimum atomic E-state index is -4.88. The van der Waals surface area contributed by atoms with Gasteiger partial charge in [0.2, 0.25) is 8.32 Å². The van der Waals surface area contributed by atoms with E-state index in [1.165, 1.54) is 0 Å². The highest BCUT2D eigenvalue weighted by Crippen LogP contribution is 2.41. The van der Waals surface area contributed by atoms with Crippen molar-refractivity contribution in [3.05, 3.63) is 23.5 Å². The van der Waals surface area contributed by atoms with Gasteiger partial charge in [-0.05, 0) is 24.2 Å². The van der Waals surface area contributed by atoms with Crippen molar-refractivity contribution in [2.45, 2.75) is 45.1 Å². The molecule has 0 amide bonds. The molecule has 1 aromatic carbocycles. The molecule has 0 fully saturated rings. The third-order valence-corrected chi connectivity index (χ3v) is 7.87. The van der Waals surface area contributed by atoms with E-state index < -0.39 is 31.6 Å². The molecule has 20 heavy (non-hydrogen) atoms. The van der Waals surface area contributed by atoms with Gasteiger partial charge in [0.05, 0.1) is 5.56 Å². The maximum Gasteiger partial charge on any atom is 0.419 e. The first-order chi connectivity index (χ1) is 8.75. The molecule has 0 saturated carbocycles. The second-order valence-electron chi connectivity index (χ2n) is 6.16. The fourth-order valence-electron chi connectivity index (χ4n) is 1.30. The molecule has 1 aromatic rings. The normalized spacial score (nSPS) is 13.4. The highest BCUT2D eigenvalue weighted by molar-refractivity contribution is 6.74. The van der Waals surface area contributed by atoms with Crippen LogP contribution >= 0.6 is 0 Å². The standard InChI is InChI=1S/C13H18F4O2Si/c1-12(2,3)20(4,5)19-8-6-9(13(15,16)17)11(14)10(18)7-8/h6-7,18H,1-5H3. The Kier molecular flexibility index (Phi) is 4.16. The molecule has 0 bridgehead atoms. The first-order valence-electron chi connectivity index (χ1n) is 6.04. The van der Waals surface area contributed by atoms with Gasteiger partial charge in [0.25, 0.3) is 0 Å². The van der Waals surface area contributed by atoms with Crippen molar-refractivity contribution in [3.8, 4) is 11.5 Å². The average molecular weight is 310 g/mol. The molecule has 1 N–H and O–H groups in total. The highest BCUT2D eigenvalue weighted by Gasteiger charge is 2.40. The molecule has 0 aliphatic carbocycles. The quantitative estimate of drug-likeness (QED) is 0.619. The predicted octanol–water partition coefficient (Wildman–Crippen LogP) is 4.93. The zero-order valence-electron chi connectivity index (χ0n) is 12.0. The summed E-state index contributed by atoms with van der Waals surface area (Å²) in [7, 11) is -2.37. The van der Waals surface area contributed by atoms with Gasteiger partial charge in [-0.2, -0.15) is 13.2 Å². The van der Waals surface area contributed by atoms with Crippen molar-refractivity contribution in [2.24, 2.45) is 0 Å². The van der Waals surface area contributed by atoms with Crippen molar-refractivity contribution in [3.63, 3.8) is 0 Å². The molecule has 0 aromatic heterocycles. The molecule has 0 unspecified atom stereocenters. The SMILES string of the molecule is CC(C)(C)[Si](C)(C)Oc1cc(O)c(F)c(C(F)(F)F)c1. The lowest BCUT2D eigenvalue weighted by Crippen LogP contribution is -2.43. The molecule has 0 spiro atoms. The van der Waals surface area contributed by atoms with Gasteiger partial charge in [0.15, 0.2) is 11.6 Å². The number of phenols is 1. The Balaban J connectivity index is 3.26. The number of halogens is 4. The van der Waals surface area contributed by atoms with Crippen molar-refractivity contribution in [1.82, 2.24) is 0 Å². The van der Waals surface area contributed by atoms with Crippen LogP contribution in [0.3, 0.4) is 0 Å². The topological polar surface area (TPSA) is 29.5 Å². The number of hydrogen-bond acceptors (Lipinski definition) is 2. The summed E-state index contributed by atoms with van der Waals surface area (Å²) in [5.41, 5.74) is -1.52. The van der Waals surface area contributed by atoms with Gasteiger partial charge in [-0.1, -0.05) is 20.8 Å². The molecule has 7 heteroatoms. The van der Waals surface area contributed by atoms with Crippen molar-refractivity contribution in [1.29, 1.82) is 0 Å². The smallest absolute Gasteiger partial charge is 0.419 e. The van der Waals surface area contributed by atoms with Crippen LogP contribution in [0.2, 0.25) is 18.1 Å². The highest BCUT2D eigenvalue weighted by atomic mass is 28.4. The van der Waals surface area contributed by atoms with Crippen LogP contribution in [0.5, 0.6) is 11.5 Å². The second kappa shape index (κ2) is 4.94. The maximum absolute atomic E-state index is 13.3. The summed E-state index contributed by atoms with van der Waals surface area (Å²) in [6.07, 6.45) is -4.88. The fraction of sp³-hybridized carbons (Fsp3) is 0.538. The zero-order valence-corrected chi connectivity index (χ0v) is 13.0. The molecule has 2 nitrogen and oxygen atoms in total. The predicted molar refractivity (Wildman–Crippen MR) is 70.9 cm³/mol. The Morgan fingerprint density at radius 2 is 1.60 bits per heavy atom. The minimum Gasteiger partial charge on any atom is -0.543 e. The summed E-state index contributed by atoms with van der Waals surface area (Å²) in [4.78, 5) is 0. The van der Waals surface area contributed by atoms with Gasteiger partial charge in [-0.15, -0.1) is 0 Å². The Morgan fingerprint density at radius 1 is 1.10 bits per heavy atom. The van der Waals surface area contributed by atoms with Crippen molar-refractivity contribution >= 4 is 8.32 Å². The van der Waals surface area contributed by atoms with E-state index in [1.54, 1.807) is 0 Å². The van der Waals surface area contributed by atoms with Crippen molar-refractivity contribution in [2.75, 3.05) is 0 Å². The summed E-state index contributed by atoms with van der Waals surface area (Å²) in [5, 5.41) is 9.08. The Labute approximate surface area is 116 Å². The fourth-order valence-corrected chi connectivity index (χ4v) is 2.31. The van der Waals surface area contributed by atoms with Crippen LogP contribution < -0.4 is 4.43 Å². The van der Waals surface area contributed by atoms with Crippen LogP contribution in [0, 0.1) is 5.82 Å². The molecule has 0 saturated heterocycles. The minimum absolute atomic E-state index is 0.164. The summed E-state index contributed by atoms with van der Waals surface area (Å²) in [6.45, 7) is 9.47. The average Bonchev–Trinajstić information content (AvgIpc) is 2.19. The molecular weight excluding hydrogens is 292 g/mol. The van der Waals surface area contributed by atoms with Gasteiger partial charge in [0, 0.05) is 6.07 Å². The van der Waals surface area contributed by atoms with E-state index in [0.717, 1.165) is 6.07 Å². The molecule has 114 valence electrons. The van der Waals surface area contributed by atoms with E-state index >= 15 is 0 Å². The summed E-state index contributed by atoms with van der Waals surface area (Å²) < 4.78 is 57.0. The number of alkyl halides is 3. The van der Waals surface area contributed by atoms with Gasteiger partial charge in [-0.25, -0.2) is 4.39 Å². The molecular formula is C13H18F4O2Si. The molecule has 0 radical (unpaired) electrons. The lowest BCUT2D eigenvalue weighted by molar-refractivity contribution is -0.140. The van der Waals surface area contributed by atoms with Gasteiger partial charge >= 0.3 is 6.18 Å². The first kappa shape index (κ1) is 16.8. The lowest BCUT2D eigenvalue weighted by Gasteiger charge is -2.36. The molecule has 1 rings (SSSR count). The summed E-state index contributed by atoms with van der Waals surface area (Å²) in [5.74, 6) is -2.91. The number of phenolic OH excluding ortho intramolecular Hbond substituents is 1. The second-order valence-corrected chi connectivity index (χ2v) is 10.9. The van der Waals surface area contributed by atoms with E-state index in [2.05, 4.69) is 0 Å². The van der Waals surface area contributed by atoms with E-state index in [0.29, 0.717) is 6.07 Å². The van der Waals surface area contributed by atoms with Crippen LogP contribution in [-0.2, 0) is 6.18 Å². The molecule has 0 atom stereocenters. The third-order valence-electron chi connectivity index (χ3n) is 3.51. The lowest BCUT2D eigenvalue weighted by atomic mass is 10.2. The van der Waals surface area contributed by atoms with Crippen molar-refractivity contribution < 1.29 is 27.1 Å². The first-order valence-corrected chi connectivity index (χ1v) is 8.95. The Bertz CT molecular complexity index is 504. The largest absolute Gasteiger partial charge is 0.543 e. The number of hydrogen-bond donors (Lipinski definition) is 1. The van der Waals surface area contributed by atoms with Crippen LogP contribution in [0.4, 0.5) is 17.6 Å². The van der Waals surface area contributed by atoms with E-state index in [9.17, 15) is 22.7 Å². The van der Waals surface area contributed by atoms with Crippen LogP contribution in [0.15, 0.2) is 12.1 Å². The van der Waals surface area contributed by atoms with Crippen LogP contribution in [-0.4, -0.2) is 13.4 Å². The van der Waals surface area contributed by atoms with E-state index in [1.807, 2.05) is 33.9 Å². The summed E-state index contributed by atoms with van der Waals surface area (Å²) in [6, 6.07) is 1.47. The van der Waals surface area contributed by atoms with Gasteiger partial charge in [0.1, 0.15) is 5.75 Å². The Morgan fingerprint density at radius 3 is 2.00 bits per heavy atom. The molecule has 0 aliphatic heterocycles. The molecule has 0 aliphatic rings. The van der Waals surface area contributed by atoms with Crippen LogP contribution in [0.25, 0.3) is 0 Å². The molecule has 0 heterocycles. The van der Waals surface area contributed by atoms with Gasteiger partial charge < -0.3 is 9.53 Å². The van der Waals surface area contributed by atoms with E-state index in [4.69, 9.17) is 4.43 Å². The van der Waals surface area contributed by atoms with E-state index in [-0.39, 0.29) is 10.8 Å². The number of aromatic hydroxyl groups is 1. The monoisotopic (exact) mass is 310 g/mol. The number of benzene rings is 1. The third kappa shape index (κ3) is 3.44. The maximum atomic E-state index is 13.3. The number of rotatable bonds is 2.